The highest BCUT2D eigenvalue weighted by atomic mass is 19.1. The van der Waals surface area contributed by atoms with Gasteiger partial charge in [0.05, 0.1) is 5.69 Å². The lowest BCUT2D eigenvalue weighted by Gasteiger charge is -1.99. The van der Waals surface area contributed by atoms with Crippen molar-refractivity contribution in [1.82, 2.24) is 29.1 Å². The molecule has 4 aromatic rings. The van der Waals surface area contributed by atoms with Gasteiger partial charge in [-0.05, 0) is 32.0 Å². The quantitative estimate of drug-likeness (QED) is 0.555. The van der Waals surface area contributed by atoms with Crippen LogP contribution >= 0.6 is 0 Å². The first kappa shape index (κ1) is 17.3. The van der Waals surface area contributed by atoms with E-state index >= 15 is 0 Å². The Morgan fingerprint density at radius 1 is 1.00 bits per heavy atom. The van der Waals surface area contributed by atoms with Crippen molar-refractivity contribution in [3.63, 3.8) is 0 Å². The van der Waals surface area contributed by atoms with E-state index in [1.54, 1.807) is 10.7 Å². The van der Waals surface area contributed by atoms with E-state index in [1.807, 2.05) is 31.5 Å². The predicted octanol–water partition coefficient (Wildman–Crippen LogP) is 3.21. The van der Waals surface area contributed by atoms with Crippen LogP contribution < -0.4 is 0 Å². The molecular formula is C19H18F2N6. The molecule has 0 atom stereocenters. The van der Waals surface area contributed by atoms with Crippen molar-refractivity contribution in [2.24, 2.45) is 7.05 Å². The molecular weight excluding hydrogens is 350 g/mol. The van der Waals surface area contributed by atoms with Crippen LogP contribution in [0.3, 0.4) is 0 Å². The SMILES string of the molecule is Cc1cc(C)n2nc(CCc3nc(-c4ccc(F)cc4F)cn3C)nc2n1. The van der Waals surface area contributed by atoms with Gasteiger partial charge >= 0.3 is 0 Å². The summed E-state index contributed by atoms with van der Waals surface area (Å²) < 4.78 is 30.7. The van der Waals surface area contributed by atoms with Crippen molar-refractivity contribution in [3.05, 3.63) is 65.1 Å². The van der Waals surface area contributed by atoms with Gasteiger partial charge in [0.25, 0.3) is 5.78 Å². The lowest BCUT2D eigenvalue weighted by atomic mass is 10.1. The van der Waals surface area contributed by atoms with E-state index in [4.69, 9.17) is 0 Å². The van der Waals surface area contributed by atoms with Crippen molar-refractivity contribution in [2.45, 2.75) is 26.7 Å². The molecule has 1 aromatic carbocycles. The molecule has 0 aliphatic heterocycles. The second-order valence-electron chi connectivity index (χ2n) is 6.56. The molecule has 0 spiro atoms. The summed E-state index contributed by atoms with van der Waals surface area (Å²) in [6.45, 7) is 3.88. The van der Waals surface area contributed by atoms with E-state index in [-0.39, 0.29) is 5.56 Å². The average Bonchev–Trinajstić information content (AvgIpc) is 3.16. The fraction of sp³-hybridized carbons (Fsp3) is 0.263. The molecule has 4 rings (SSSR count). The summed E-state index contributed by atoms with van der Waals surface area (Å²) in [6.07, 6.45) is 2.91. The van der Waals surface area contributed by atoms with E-state index in [0.29, 0.717) is 30.1 Å². The van der Waals surface area contributed by atoms with Crippen molar-refractivity contribution in [2.75, 3.05) is 0 Å². The van der Waals surface area contributed by atoms with Crippen LogP contribution in [0.4, 0.5) is 8.78 Å². The maximum atomic E-state index is 14.0. The van der Waals surface area contributed by atoms with Gasteiger partial charge in [0.1, 0.15) is 17.5 Å². The van der Waals surface area contributed by atoms with E-state index in [0.717, 1.165) is 23.3 Å². The van der Waals surface area contributed by atoms with Gasteiger partial charge in [-0.2, -0.15) is 4.98 Å². The van der Waals surface area contributed by atoms with Gasteiger partial charge in [0.15, 0.2) is 5.82 Å². The van der Waals surface area contributed by atoms with Crippen LogP contribution in [-0.2, 0) is 19.9 Å². The second-order valence-corrected chi connectivity index (χ2v) is 6.56. The Morgan fingerprint density at radius 2 is 1.81 bits per heavy atom. The maximum Gasteiger partial charge on any atom is 0.252 e. The first-order chi connectivity index (χ1) is 12.9. The summed E-state index contributed by atoms with van der Waals surface area (Å²) in [7, 11) is 1.85. The van der Waals surface area contributed by atoms with Crippen molar-refractivity contribution < 1.29 is 8.78 Å². The van der Waals surface area contributed by atoms with E-state index < -0.39 is 11.6 Å². The van der Waals surface area contributed by atoms with Crippen LogP contribution in [0.25, 0.3) is 17.0 Å². The minimum Gasteiger partial charge on any atom is -0.337 e. The second kappa shape index (κ2) is 6.53. The monoisotopic (exact) mass is 368 g/mol. The molecule has 3 heterocycles. The highest BCUT2D eigenvalue weighted by molar-refractivity contribution is 5.59. The molecule has 0 saturated carbocycles. The summed E-state index contributed by atoms with van der Waals surface area (Å²) in [4.78, 5) is 13.4. The zero-order valence-electron chi connectivity index (χ0n) is 15.2. The van der Waals surface area contributed by atoms with Crippen LogP contribution in [0.2, 0.25) is 0 Å². The lowest BCUT2D eigenvalue weighted by Crippen LogP contribution is -2.01. The summed E-state index contributed by atoms with van der Waals surface area (Å²) in [6, 6.07) is 5.44. The van der Waals surface area contributed by atoms with Crippen LogP contribution in [0.1, 0.15) is 23.0 Å². The largest absolute Gasteiger partial charge is 0.337 e. The van der Waals surface area contributed by atoms with Gasteiger partial charge in [0.2, 0.25) is 0 Å². The molecule has 0 fully saturated rings. The Bertz CT molecular complexity index is 1140. The molecule has 0 saturated heterocycles. The number of rotatable bonds is 4. The molecule has 138 valence electrons. The summed E-state index contributed by atoms with van der Waals surface area (Å²) >= 11 is 0. The molecule has 0 aliphatic rings. The van der Waals surface area contributed by atoms with Gasteiger partial charge in [0, 0.05) is 49.1 Å². The average molecular weight is 368 g/mol. The number of fused-ring (bicyclic) bond motifs is 1. The number of hydrogen-bond acceptors (Lipinski definition) is 4. The fourth-order valence-electron chi connectivity index (χ4n) is 3.10. The van der Waals surface area contributed by atoms with Crippen LogP contribution in [-0.4, -0.2) is 29.1 Å². The van der Waals surface area contributed by atoms with Crippen molar-refractivity contribution >= 4 is 5.78 Å². The number of benzene rings is 1. The van der Waals surface area contributed by atoms with Crippen LogP contribution in [0, 0.1) is 25.5 Å². The fourth-order valence-corrected chi connectivity index (χ4v) is 3.10. The third-order valence-corrected chi connectivity index (χ3v) is 4.41. The van der Waals surface area contributed by atoms with E-state index in [2.05, 4.69) is 20.1 Å². The van der Waals surface area contributed by atoms with Crippen molar-refractivity contribution in [1.29, 1.82) is 0 Å². The standard InChI is InChI=1S/C19H18F2N6/c1-11-8-12(2)27-19(22-11)24-17(25-27)6-7-18-23-16(10-26(18)3)14-5-4-13(20)9-15(14)21/h4-5,8-10H,6-7H2,1-3H3. The Hall–Kier alpha value is -3.16. The van der Waals surface area contributed by atoms with Gasteiger partial charge in [-0.3, -0.25) is 0 Å². The first-order valence-electron chi connectivity index (χ1n) is 8.58. The Labute approximate surface area is 154 Å². The first-order valence-corrected chi connectivity index (χ1v) is 8.58. The summed E-state index contributed by atoms with van der Waals surface area (Å²) in [5.41, 5.74) is 2.62. The van der Waals surface area contributed by atoms with Gasteiger partial charge in [-0.1, -0.05) is 0 Å². The topological polar surface area (TPSA) is 60.9 Å². The zero-order chi connectivity index (χ0) is 19.1. The number of aryl methyl sites for hydroxylation is 5. The Balaban J connectivity index is 1.57. The number of nitrogens with zero attached hydrogens (tertiary/aromatic N) is 6. The predicted molar refractivity (Wildman–Crippen MR) is 96.2 cm³/mol. The molecule has 0 aliphatic carbocycles. The number of aromatic nitrogens is 6. The van der Waals surface area contributed by atoms with E-state index in [1.165, 1.54) is 12.1 Å². The van der Waals surface area contributed by atoms with Gasteiger partial charge in [-0.15, -0.1) is 5.10 Å². The minimum absolute atomic E-state index is 0.277. The summed E-state index contributed by atoms with van der Waals surface area (Å²) in [5, 5.41) is 4.49. The zero-order valence-corrected chi connectivity index (χ0v) is 15.2. The summed E-state index contributed by atoms with van der Waals surface area (Å²) in [5.74, 6) is 0.793. The lowest BCUT2D eigenvalue weighted by molar-refractivity contribution is 0.585. The molecule has 0 bridgehead atoms. The molecule has 3 aromatic heterocycles. The third kappa shape index (κ3) is 3.30. The molecule has 0 amide bonds. The number of hydrogen-bond donors (Lipinski definition) is 0. The smallest absolute Gasteiger partial charge is 0.252 e. The van der Waals surface area contributed by atoms with Gasteiger partial charge < -0.3 is 4.57 Å². The molecule has 27 heavy (non-hydrogen) atoms. The van der Waals surface area contributed by atoms with Crippen LogP contribution in [0.5, 0.6) is 0 Å². The molecule has 8 heteroatoms. The Kier molecular flexibility index (Phi) is 4.18. The molecule has 6 nitrogen and oxygen atoms in total. The highest BCUT2D eigenvalue weighted by Crippen LogP contribution is 2.23. The third-order valence-electron chi connectivity index (χ3n) is 4.41. The minimum atomic E-state index is -0.626. The number of halogens is 2. The molecule has 0 unspecified atom stereocenters. The molecule has 0 N–H and O–H groups in total. The number of imidazole rings is 1. The normalized spacial score (nSPS) is 11.4. The highest BCUT2D eigenvalue weighted by Gasteiger charge is 2.14. The van der Waals surface area contributed by atoms with Crippen LogP contribution in [0.15, 0.2) is 30.5 Å². The maximum absolute atomic E-state index is 14.0. The molecule has 0 radical (unpaired) electrons. The van der Waals surface area contributed by atoms with Gasteiger partial charge in [-0.25, -0.2) is 23.3 Å². The van der Waals surface area contributed by atoms with E-state index in [9.17, 15) is 8.78 Å². The Morgan fingerprint density at radius 3 is 2.59 bits per heavy atom. The van der Waals surface area contributed by atoms with Crippen molar-refractivity contribution in [3.8, 4) is 11.3 Å².